The number of thiocarbonyl (C=S) groups is 1. The summed E-state index contributed by atoms with van der Waals surface area (Å²) in [5.41, 5.74) is 3.17. The summed E-state index contributed by atoms with van der Waals surface area (Å²) in [5.74, 6) is -0.193. The third-order valence-electron chi connectivity index (χ3n) is 4.98. The van der Waals surface area contributed by atoms with E-state index < -0.39 is 11.8 Å². The fourth-order valence-electron chi connectivity index (χ4n) is 3.55. The van der Waals surface area contributed by atoms with Gasteiger partial charge in [0.2, 0.25) is 0 Å². The Morgan fingerprint density at radius 2 is 1.83 bits per heavy atom. The molecule has 2 aromatic carbocycles. The van der Waals surface area contributed by atoms with Crippen LogP contribution in [-0.4, -0.2) is 35.0 Å². The van der Waals surface area contributed by atoms with Crippen LogP contribution in [0.5, 0.6) is 5.75 Å². The van der Waals surface area contributed by atoms with Crippen LogP contribution < -0.4 is 15.0 Å². The molecule has 2 aliphatic heterocycles. The van der Waals surface area contributed by atoms with Crippen molar-refractivity contribution < 1.29 is 14.3 Å². The summed E-state index contributed by atoms with van der Waals surface area (Å²) < 4.78 is 5.45. The number of carbonyl (C=O) groups is 2. The number of amides is 2. The number of nitrogens with one attached hydrogen (secondary N) is 1. The Hall–Kier alpha value is -3.19. The van der Waals surface area contributed by atoms with Crippen molar-refractivity contribution in [1.82, 2.24) is 10.2 Å². The molecule has 4 rings (SSSR count). The number of hydrogen-bond donors (Lipinski definition) is 1. The summed E-state index contributed by atoms with van der Waals surface area (Å²) in [6.07, 6.45) is 2.52. The first-order valence-corrected chi connectivity index (χ1v) is 9.93. The standard InChI is InChI=1S/C22H21N3O3S/c1-2-28-18-9-7-17(8-10-18)25-21(27)19(20(26)23-22(25)29)14-24-12-11-15-5-3-4-6-16(15)13-24/h3-10,14H,2,11-13H2,1H3,(H,23,26,29). The van der Waals surface area contributed by atoms with Crippen molar-refractivity contribution in [3.05, 3.63) is 71.4 Å². The highest BCUT2D eigenvalue weighted by molar-refractivity contribution is 7.80. The Morgan fingerprint density at radius 3 is 2.55 bits per heavy atom. The minimum absolute atomic E-state index is 0.0744. The van der Waals surface area contributed by atoms with Crippen LogP contribution in [-0.2, 0) is 22.6 Å². The molecule has 0 unspecified atom stereocenters. The Balaban J connectivity index is 1.59. The molecule has 1 fully saturated rings. The maximum absolute atomic E-state index is 13.1. The van der Waals surface area contributed by atoms with E-state index in [2.05, 4.69) is 17.4 Å². The van der Waals surface area contributed by atoms with Gasteiger partial charge in [-0.2, -0.15) is 0 Å². The van der Waals surface area contributed by atoms with Crippen molar-refractivity contribution >= 4 is 34.8 Å². The molecule has 6 nitrogen and oxygen atoms in total. The molecule has 0 aliphatic carbocycles. The molecule has 0 radical (unpaired) electrons. The van der Waals surface area contributed by atoms with E-state index in [0.29, 0.717) is 24.6 Å². The van der Waals surface area contributed by atoms with E-state index in [9.17, 15) is 9.59 Å². The third kappa shape index (κ3) is 3.86. The fourth-order valence-corrected chi connectivity index (χ4v) is 3.83. The van der Waals surface area contributed by atoms with Crippen LogP contribution in [0.4, 0.5) is 5.69 Å². The van der Waals surface area contributed by atoms with E-state index in [1.54, 1.807) is 30.5 Å². The topological polar surface area (TPSA) is 61.9 Å². The van der Waals surface area contributed by atoms with Gasteiger partial charge in [0.1, 0.15) is 11.3 Å². The lowest BCUT2D eigenvalue weighted by Gasteiger charge is -2.32. The minimum atomic E-state index is -0.471. The van der Waals surface area contributed by atoms with Crippen LogP contribution in [0, 0.1) is 0 Å². The van der Waals surface area contributed by atoms with Crippen LogP contribution in [0.1, 0.15) is 18.1 Å². The van der Waals surface area contributed by atoms with Crippen LogP contribution in [0.15, 0.2) is 60.3 Å². The summed E-state index contributed by atoms with van der Waals surface area (Å²) in [5, 5.41) is 2.70. The third-order valence-corrected chi connectivity index (χ3v) is 5.26. The number of ether oxygens (including phenoxy) is 1. The summed E-state index contributed by atoms with van der Waals surface area (Å²) in [6, 6.07) is 15.3. The highest BCUT2D eigenvalue weighted by atomic mass is 32.1. The molecule has 2 aliphatic rings. The normalized spacial score (nSPS) is 18.0. The molecule has 2 aromatic rings. The van der Waals surface area contributed by atoms with Gasteiger partial charge in [-0.1, -0.05) is 24.3 Å². The average molecular weight is 407 g/mol. The summed E-state index contributed by atoms with van der Waals surface area (Å²) in [6.45, 7) is 3.87. The summed E-state index contributed by atoms with van der Waals surface area (Å²) in [4.78, 5) is 29.0. The molecule has 7 heteroatoms. The highest BCUT2D eigenvalue weighted by Crippen LogP contribution is 2.25. The molecule has 0 atom stereocenters. The molecule has 2 heterocycles. The molecule has 1 saturated heterocycles. The molecule has 1 N–H and O–H groups in total. The molecule has 0 aromatic heterocycles. The molecule has 148 valence electrons. The molecule has 0 bridgehead atoms. The van der Waals surface area contributed by atoms with E-state index in [-0.39, 0.29) is 10.7 Å². The zero-order valence-electron chi connectivity index (χ0n) is 16.1. The van der Waals surface area contributed by atoms with Crippen molar-refractivity contribution in [2.24, 2.45) is 0 Å². The van der Waals surface area contributed by atoms with Crippen molar-refractivity contribution in [3.63, 3.8) is 0 Å². The maximum Gasteiger partial charge on any atom is 0.271 e. The summed E-state index contributed by atoms with van der Waals surface area (Å²) in [7, 11) is 0. The summed E-state index contributed by atoms with van der Waals surface area (Å²) >= 11 is 5.26. The number of rotatable bonds is 4. The molecular formula is C22H21N3O3S. The second-order valence-electron chi connectivity index (χ2n) is 6.86. The zero-order chi connectivity index (χ0) is 20.4. The number of carbonyl (C=O) groups excluding carboxylic acids is 2. The van der Waals surface area contributed by atoms with Crippen LogP contribution in [0.3, 0.4) is 0 Å². The SMILES string of the molecule is CCOc1ccc(N2C(=O)C(=CN3CCc4ccccc4C3)C(=O)NC2=S)cc1. The van der Waals surface area contributed by atoms with Gasteiger partial charge in [0.05, 0.1) is 12.3 Å². The maximum atomic E-state index is 13.1. The Kier molecular flexibility index (Phi) is 5.31. The van der Waals surface area contributed by atoms with E-state index in [0.717, 1.165) is 13.0 Å². The van der Waals surface area contributed by atoms with Crippen molar-refractivity contribution in [2.45, 2.75) is 19.9 Å². The number of anilines is 1. The van der Waals surface area contributed by atoms with Crippen molar-refractivity contribution in [3.8, 4) is 5.75 Å². The van der Waals surface area contributed by atoms with Crippen molar-refractivity contribution in [2.75, 3.05) is 18.1 Å². The number of nitrogens with zero attached hydrogens (tertiary/aromatic N) is 2. The highest BCUT2D eigenvalue weighted by Gasteiger charge is 2.35. The second kappa shape index (κ2) is 8.05. The smallest absolute Gasteiger partial charge is 0.271 e. The molecular weight excluding hydrogens is 386 g/mol. The predicted molar refractivity (Wildman–Crippen MR) is 114 cm³/mol. The lowest BCUT2D eigenvalue weighted by molar-refractivity contribution is -0.122. The van der Waals surface area contributed by atoms with Gasteiger partial charge in [-0.15, -0.1) is 0 Å². The first-order chi connectivity index (χ1) is 14.1. The van der Waals surface area contributed by atoms with Gasteiger partial charge in [-0.05, 0) is 61.0 Å². The molecule has 0 saturated carbocycles. The van der Waals surface area contributed by atoms with Gasteiger partial charge < -0.3 is 9.64 Å². The second-order valence-corrected chi connectivity index (χ2v) is 7.25. The van der Waals surface area contributed by atoms with Gasteiger partial charge in [0.25, 0.3) is 11.8 Å². The van der Waals surface area contributed by atoms with Crippen LogP contribution in [0.25, 0.3) is 0 Å². The Bertz CT molecular complexity index is 1000. The molecule has 29 heavy (non-hydrogen) atoms. The van der Waals surface area contributed by atoms with E-state index >= 15 is 0 Å². The fraction of sp³-hybridized carbons (Fsp3) is 0.227. The van der Waals surface area contributed by atoms with E-state index in [1.165, 1.54) is 16.0 Å². The Labute approximate surface area is 174 Å². The zero-order valence-corrected chi connectivity index (χ0v) is 16.9. The van der Waals surface area contributed by atoms with Crippen LogP contribution >= 0.6 is 12.2 Å². The first-order valence-electron chi connectivity index (χ1n) is 9.52. The van der Waals surface area contributed by atoms with Crippen molar-refractivity contribution in [1.29, 1.82) is 0 Å². The number of benzene rings is 2. The van der Waals surface area contributed by atoms with Gasteiger partial charge >= 0.3 is 0 Å². The Morgan fingerprint density at radius 1 is 1.10 bits per heavy atom. The minimum Gasteiger partial charge on any atom is -0.494 e. The molecule has 0 spiro atoms. The largest absolute Gasteiger partial charge is 0.494 e. The lowest BCUT2D eigenvalue weighted by Crippen LogP contribution is -2.54. The predicted octanol–water partition coefficient (Wildman–Crippen LogP) is 2.78. The van der Waals surface area contributed by atoms with Gasteiger partial charge in [0.15, 0.2) is 5.11 Å². The van der Waals surface area contributed by atoms with Crippen LogP contribution in [0.2, 0.25) is 0 Å². The van der Waals surface area contributed by atoms with Gasteiger partial charge in [-0.25, -0.2) is 0 Å². The number of fused-ring (bicyclic) bond motifs is 1. The van der Waals surface area contributed by atoms with Gasteiger partial charge in [0, 0.05) is 19.3 Å². The molecule has 2 amide bonds. The quantitative estimate of drug-likeness (QED) is 0.480. The van der Waals surface area contributed by atoms with Gasteiger partial charge in [-0.3, -0.25) is 19.8 Å². The van der Waals surface area contributed by atoms with E-state index in [4.69, 9.17) is 17.0 Å². The van der Waals surface area contributed by atoms with E-state index in [1.807, 2.05) is 24.0 Å². The average Bonchev–Trinajstić information content (AvgIpc) is 2.72. The first kappa shape index (κ1) is 19.1. The lowest BCUT2D eigenvalue weighted by atomic mass is 10.00. The number of hydrogen-bond acceptors (Lipinski definition) is 5. The monoisotopic (exact) mass is 407 g/mol.